The van der Waals surface area contributed by atoms with Gasteiger partial charge < -0.3 is 10.5 Å². The van der Waals surface area contributed by atoms with Gasteiger partial charge in [0.25, 0.3) is 0 Å². The standard InChI is InChI=1S/C11H13N3O/c1-14-11(10(15-2)7-13-14)8-4-3-5-9(12)6-8/h3-7H,12H2,1-2H3. The summed E-state index contributed by atoms with van der Waals surface area (Å²) in [7, 11) is 3.51. The van der Waals surface area contributed by atoms with Crippen LogP contribution in [0.3, 0.4) is 0 Å². The fraction of sp³-hybridized carbons (Fsp3) is 0.182. The number of aryl methyl sites for hydroxylation is 1. The minimum Gasteiger partial charge on any atom is -0.493 e. The Labute approximate surface area is 88.3 Å². The SMILES string of the molecule is COc1cnn(C)c1-c1cccc(N)c1. The molecule has 15 heavy (non-hydrogen) atoms. The molecule has 4 nitrogen and oxygen atoms in total. The summed E-state index contributed by atoms with van der Waals surface area (Å²) in [5.41, 5.74) is 8.41. The zero-order valence-electron chi connectivity index (χ0n) is 8.77. The minimum absolute atomic E-state index is 0.732. The van der Waals surface area contributed by atoms with Gasteiger partial charge in [0.15, 0.2) is 5.75 Å². The molecule has 0 atom stereocenters. The molecular weight excluding hydrogens is 190 g/mol. The van der Waals surface area contributed by atoms with E-state index in [2.05, 4.69) is 5.10 Å². The van der Waals surface area contributed by atoms with Gasteiger partial charge in [-0.15, -0.1) is 0 Å². The van der Waals surface area contributed by atoms with Gasteiger partial charge in [-0.05, 0) is 12.1 Å². The van der Waals surface area contributed by atoms with Crippen molar-refractivity contribution < 1.29 is 4.74 Å². The van der Waals surface area contributed by atoms with E-state index >= 15 is 0 Å². The average molecular weight is 203 g/mol. The number of nitrogen functional groups attached to an aromatic ring is 1. The third kappa shape index (κ3) is 1.66. The van der Waals surface area contributed by atoms with Crippen LogP contribution in [0.15, 0.2) is 30.5 Å². The number of nitrogens with zero attached hydrogens (tertiary/aromatic N) is 2. The van der Waals surface area contributed by atoms with Crippen molar-refractivity contribution in [3.8, 4) is 17.0 Å². The van der Waals surface area contributed by atoms with E-state index in [1.165, 1.54) is 0 Å². The quantitative estimate of drug-likeness (QED) is 0.755. The highest BCUT2D eigenvalue weighted by Gasteiger charge is 2.10. The minimum atomic E-state index is 0.732. The molecule has 0 bridgehead atoms. The second-order valence-corrected chi connectivity index (χ2v) is 3.31. The fourth-order valence-corrected chi connectivity index (χ4v) is 1.58. The molecule has 78 valence electrons. The molecule has 0 saturated carbocycles. The van der Waals surface area contributed by atoms with E-state index in [0.29, 0.717) is 0 Å². The molecule has 0 saturated heterocycles. The summed E-state index contributed by atoms with van der Waals surface area (Å²) in [6.45, 7) is 0. The van der Waals surface area contributed by atoms with Crippen LogP contribution in [0.4, 0.5) is 5.69 Å². The Bertz CT molecular complexity index is 476. The first-order chi connectivity index (χ1) is 7.22. The topological polar surface area (TPSA) is 53.1 Å². The summed E-state index contributed by atoms with van der Waals surface area (Å²) < 4.78 is 7.01. The van der Waals surface area contributed by atoms with Crippen LogP contribution < -0.4 is 10.5 Å². The third-order valence-electron chi connectivity index (χ3n) is 2.29. The van der Waals surface area contributed by atoms with Gasteiger partial charge in [0, 0.05) is 18.3 Å². The monoisotopic (exact) mass is 203 g/mol. The maximum absolute atomic E-state index is 5.74. The molecule has 0 fully saturated rings. The van der Waals surface area contributed by atoms with Crippen LogP contribution in [-0.4, -0.2) is 16.9 Å². The lowest BCUT2D eigenvalue weighted by molar-refractivity contribution is 0.416. The van der Waals surface area contributed by atoms with Gasteiger partial charge in [0.05, 0.1) is 13.3 Å². The van der Waals surface area contributed by atoms with Crippen molar-refractivity contribution in [3.05, 3.63) is 30.5 Å². The average Bonchev–Trinajstić information content (AvgIpc) is 2.59. The second-order valence-electron chi connectivity index (χ2n) is 3.31. The first-order valence-electron chi connectivity index (χ1n) is 4.64. The zero-order chi connectivity index (χ0) is 10.8. The van der Waals surface area contributed by atoms with Gasteiger partial charge in [-0.25, -0.2) is 0 Å². The molecular formula is C11H13N3O. The Hall–Kier alpha value is -1.97. The van der Waals surface area contributed by atoms with Crippen molar-refractivity contribution >= 4 is 5.69 Å². The van der Waals surface area contributed by atoms with Gasteiger partial charge in [0.1, 0.15) is 5.69 Å². The Kier molecular flexibility index (Phi) is 2.33. The second kappa shape index (κ2) is 3.65. The molecule has 0 radical (unpaired) electrons. The van der Waals surface area contributed by atoms with Crippen molar-refractivity contribution in [2.45, 2.75) is 0 Å². The molecule has 0 spiro atoms. The summed E-state index contributed by atoms with van der Waals surface area (Å²) >= 11 is 0. The Morgan fingerprint density at radius 2 is 2.20 bits per heavy atom. The highest BCUT2D eigenvalue weighted by Crippen LogP contribution is 2.29. The number of hydrogen-bond acceptors (Lipinski definition) is 3. The number of nitrogens with two attached hydrogens (primary N) is 1. The Morgan fingerprint density at radius 3 is 2.87 bits per heavy atom. The van der Waals surface area contributed by atoms with Gasteiger partial charge >= 0.3 is 0 Å². The molecule has 2 aromatic rings. The van der Waals surface area contributed by atoms with Crippen LogP contribution in [0, 0.1) is 0 Å². The maximum Gasteiger partial charge on any atom is 0.164 e. The van der Waals surface area contributed by atoms with E-state index < -0.39 is 0 Å². The molecule has 2 rings (SSSR count). The predicted octanol–water partition coefficient (Wildman–Crippen LogP) is 1.68. The van der Waals surface area contributed by atoms with Crippen molar-refractivity contribution in [1.29, 1.82) is 0 Å². The van der Waals surface area contributed by atoms with E-state index in [9.17, 15) is 0 Å². The summed E-state index contributed by atoms with van der Waals surface area (Å²) in [4.78, 5) is 0. The highest BCUT2D eigenvalue weighted by atomic mass is 16.5. The van der Waals surface area contributed by atoms with Gasteiger partial charge in [-0.2, -0.15) is 5.10 Å². The number of rotatable bonds is 2. The van der Waals surface area contributed by atoms with Crippen LogP contribution in [0.1, 0.15) is 0 Å². The smallest absolute Gasteiger partial charge is 0.164 e. The lowest BCUT2D eigenvalue weighted by atomic mass is 10.1. The molecule has 0 unspecified atom stereocenters. The van der Waals surface area contributed by atoms with Crippen LogP contribution >= 0.6 is 0 Å². The van der Waals surface area contributed by atoms with Crippen molar-refractivity contribution in [2.24, 2.45) is 7.05 Å². The summed E-state index contributed by atoms with van der Waals surface area (Å²) in [5, 5.41) is 4.14. The predicted molar refractivity (Wildman–Crippen MR) is 59.6 cm³/mol. The number of ether oxygens (including phenoxy) is 1. The van der Waals surface area contributed by atoms with Crippen LogP contribution in [0.2, 0.25) is 0 Å². The lowest BCUT2D eigenvalue weighted by Crippen LogP contribution is -1.95. The maximum atomic E-state index is 5.74. The number of anilines is 1. The van der Waals surface area contributed by atoms with Gasteiger partial charge in [-0.1, -0.05) is 12.1 Å². The molecule has 4 heteroatoms. The normalized spacial score (nSPS) is 10.3. The van der Waals surface area contributed by atoms with Crippen molar-refractivity contribution in [3.63, 3.8) is 0 Å². The first kappa shape index (κ1) is 9.58. The molecule has 0 aliphatic rings. The summed E-state index contributed by atoms with van der Waals surface area (Å²) in [6.07, 6.45) is 1.69. The summed E-state index contributed by atoms with van der Waals surface area (Å²) in [6, 6.07) is 7.65. The summed E-state index contributed by atoms with van der Waals surface area (Å²) in [5.74, 6) is 0.753. The molecule has 0 aliphatic heterocycles. The molecule has 1 aromatic heterocycles. The van der Waals surface area contributed by atoms with E-state index in [4.69, 9.17) is 10.5 Å². The van der Waals surface area contributed by atoms with E-state index in [1.54, 1.807) is 18.0 Å². The number of benzene rings is 1. The zero-order valence-corrected chi connectivity index (χ0v) is 8.77. The third-order valence-corrected chi connectivity index (χ3v) is 2.29. The Morgan fingerprint density at radius 1 is 1.40 bits per heavy atom. The van der Waals surface area contributed by atoms with Gasteiger partial charge in [0.2, 0.25) is 0 Å². The Balaban J connectivity index is 2.57. The molecule has 1 heterocycles. The van der Waals surface area contributed by atoms with Crippen molar-refractivity contribution in [2.75, 3.05) is 12.8 Å². The first-order valence-corrected chi connectivity index (χ1v) is 4.64. The number of hydrogen-bond donors (Lipinski definition) is 1. The number of aromatic nitrogens is 2. The molecule has 2 N–H and O–H groups in total. The largest absolute Gasteiger partial charge is 0.493 e. The molecule has 1 aromatic carbocycles. The fourth-order valence-electron chi connectivity index (χ4n) is 1.58. The van der Waals surface area contributed by atoms with E-state index in [-0.39, 0.29) is 0 Å². The van der Waals surface area contributed by atoms with Gasteiger partial charge in [-0.3, -0.25) is 4.68 Å². The molecule has 0 aliphatic carbocycles. The lowest BCUT2D eigenvalue weighted by Gasteiger charge is -2.05. The highest BCUT2D eigenvalue weighted by molar-refractivity contribution is 5.69. The molecule has 0 amide bonds. The van der Waals surface area contributed by atoms with Crippen LogP contribution in [-0.2, 0) is 7.05 Å². The van der Waals surface area contributed by atoms with Crippen molar-refractivity contribution in [1.82, 2.24) is 9.78 Å². The number of methoxy groups -OCH3 is 1. The van der Waals surface area contributed by atoms with Crippen LogP contribution in [0.25, 0.3) is 11.3 Å². The van der Waals surface area contributed by atoms with E-state index in [0.717, 1.165) is 22.7 Å². The van der Waals surface area contributed by atoms with Crippen LogP contribution in [0.5, 0.6) is 5.75 Å². The van der Waals surface area contributed by atoms with E-state index in [1.807, 2.05) is 31.3 Å².